The van der Waals surface area contributed by atoms with Gasteiger partial charge in [-0.1, -0.05) is 0 Å². The zero-order valence-corrected chi connectivity index (χ0v) is 13.1. The molecule has 0 spiro atoms. The zero-order chi connectivity index (χ0) is 17.4. The maximum absolute atomic E-state index is 10.6. The van der Waals surface area contributed by atoms with Gasteiger partial charge in [-0.05, 0) is 38.4 Å². The van der Waals surface area contributed by atoms with Crippen molar-refractivity contribution in [3.05, 3.63) is 18.0 Å². The van der Waals surface area contributed by atoms with Crippen molar-refractivity contribution in [1.29, 1.82) is 0 Å². The van der Waals surface area contributed by atoms with Gasteiger partial charge >= 0.3 is 12.1 Å². The number of aryl methyl sites for hydroxylation is 1. The number of carbonyl (C=O) groups is 1. The Kier molecular flexibility index (Phi) is 4.79. The van der Waals surface area contributed by atoms with Crippen molar-refractivity contribution in [2.75, 3.05) is 32.1 Å². The Morgan fingerprint density at radius 3 is 2.04 bits per heavy atom. The lowest BCUT2D eigenvalue weighted by Gasteiger charge is -2.21. The minimum absolute atomic E-state index is 0.793. The molecule has 1 N–H and O–H groups in total. The second-order valence-electron chi connectivity index (χ2n) is 6.05. The lowest BCUT2D eigenvalue weighted by molar-refractivity contribution is -0.192. The Balaban J connectivity index is 0.000000236. The van der Waals surface area contributed by atoms with E-state index in [1.807, 2.05) is 19.3 Å². The number of hydrogen-bond acceptors (Lipinski definition) is 5. The zero-order valence-electron chi connectivity index (χ0n) is 13.1. The summed E-state index contributed by atoms with van der Waals surface area (Å²) in [6.07, 6.45) is -1.29. The first kappa shape index (κ1) is 17.5. The van der Waals surface area contributed by atoms with Gasteiger partial charge in [0.25, 0.3) is 0 Å². The second kappa shape index (κ2) is 6.31. The number of fused-ring (bicyclic) bond motifs is 1. The highest BCUT2D eigenvalue weighted by atomic mass is 19.4. The van der Waals surface area contributed by atoms with Crippen molar-refractivity contribution in [3.8, 4) is 0 Å². The lowest BCUT2D eigenvalue weighted by atomic mass is 10.3. The molecule has 6 nitrogen and oxygen atoms in total. The van der Waals surface area contributed by atoms with E-state index in [0.717, 1.165) is 42.5 Å². The highest BCUT2D eigenvalue weighted by Gasteiger charge is 2.57. The molecular weight excluding hydrogens is 313 g/mol. The number of anilines is 1. The van der Waals surface area contributed by atoms with E-state index in [4.69, 9.17) is 9.90 Å². The summed E-state index contributed by atoms with van der Waals surface area (Å²) in [5.41, 5.74) is 1.12. The fraction of sp³-hybridized carbons (Fsp3) is 0.643. The largest absolute Gasteiger partial charge is 0.490 e. The summed E-state index contributed by atoms with van der Waals surface area (Å²) in [6, 6.07) is 0.793. The third-order valence-corrected chi connectivity index (χ3v) is 4.04. The predicted octanol–water partition coefficient (Wildman–Crippen LogP) is 1.41. The van der Waals surface area contributed by atoms with Gasteiger partial charge in [0.2, 0.25) is 5.95 Å². The van der Waals surface area contributed by atoms with Crippen LogP contribution in [0.3, 0.4) is 0 Å². The quantitative estimate of drug-likeness (QED) is 0.883. The van der Waals surface area contributed by atoms with E-state index in [1.165, 1.54) is 0 Å². The summed E-state index contributed by atoms with van der Waals surface area (Å²) < 4.78 is 31.7. The molecular formula is C14H19F3N4O2. The van der Waals surface area contributed by atoms with Crippen molar-refractivity contribution in [2.45, 2.75) is 19.1 Å². The van der Waals surface area contributed by atoms with Crippen molar-refractivity contribution < 1.29 is 23.1 Å². The fourth-order valence-corrected chi connectivity index (χ4v) is 2.97. The van der Waals surface area contributed by atoms with Crippen molar-refractivity contribution in [2.24, 2.45) is 11.8 Å². The van der Waals surface area contributed by atoms with Crippen molar-refractivity contribution >= 4 is 11.9 Å². The minimum Gasteiger partial charge on any atom is -0.475 e. The van der Waals surface area contributed by atoms with Crippen LogP contribution in [0.4, 0.5) is 19.1 Å². The molecule has 0 aromatic carbocycles. The molecule has 1 unspecified atom stereocenters. The van der Waals surface area contributed by atoms with Gasteiger partial charge in [0.1, 0.15) is 0 Å². The second-order valence-corrected chi connectivity index (χ2v) is 6.05. The monoisotopic (exact) mass is 332 g/mol. The summed E-state index contributed by atoms with van der Waals surface area (Å²) in [4.78, 5) is 22.3. The summed E-state index contributed by atoms with van der Waals surface area (Å²) in [6.45, 7) is 4.26. The van der Waals surface area contributed by atoms with Gasteiger partial charge < -0.3 is 14.9 Å². The average Bonchev–Trinajstić information content (AvgIpc) is 2.96. The van der Waals surface area contributed by atoms with Crippen LogP contribution >= 0.6 is 0 Å². The van der Waals surface area contributed by atoms with E-state index in [2.05, 4.69) is 33.9 Å². The fourth-order valence-electron chi connectivity index (χ4n) is 2.97. The number of halogens is 3. The third kappa shape index (κ3) is 4.10. The molecule has 1 aliphatic heterocycles. The highest BCUT2D eigenvalue weighted by Crippen LogP contribution is 2.48. The first-order valence-electron chi connectivity index (χ1n) is 7.11. The normalized spacial score (nSPS) is 25.7. The topological polar surface area (TPSA) is 69.6 Å². The number of piperidine rings is 1. The molecule has 2 heterocycles. The molecule has 2 aliphatic rings. The molecule has 128 valence electrons. The van der Waals surface area contributed by atoms with E-state index >= 15 is 0 Å². The first-order chi connectivity index (χ1) is 10.6. The maximum Gasteiger partial charge on any atom is 0.490 e. The number of carboxylic acids is 1. The Labute approximate surface area is 131 Å². The smallest absolute Gasteiger partial charge is 0.475 e. The van der Waals surface area contributed by atoms with Crippen LogP contribution in [-0.2, 0) is 4.79 Å². The average molecular weight is 332 g/mol. The van der Waals surface area contributed by atoms with Gasteiger partial charge in [-0.2, -0.15) is 13.2 Å². The van der Waals surface area contributed by atoms with Crippen LogP contribution in [0.15, 0.2) is 12.4 Å². The number of rotatable bonds is 2. The number of carboxylic acid groups (broad SMARTS) is 1. The Bertz CT molecular complexity index is 550. The van der Waals surface area contributed by atoms with Gasteiger partial charge in [-0.25, -0.2) is 14.8 Å². The number of alkyl halides is 3. The predicted molar refractivity (Wildman–Crippen MR) is 77.1 cm³/mol. The molecule has 1 aromatic rings. The Morgan fingerprint density at radius 1 is 1.26 bits per heavy atom. The van der Waals surface area contributed by atoms with E-state index < -0.39 is 12.1 Å². The molecule has 23 heavy (non-hydrogen) atoms. The Hall–Kier alpha value is -1.90. The van der Waals surface area contributed by atoms with Crippen molar-refractivity contribution in [3.63, 3.8) is 0 Å². The summed E-state index contributed by atoms with van der Waals surface area (Å²) >= 11 is 0. The van der Waals surface area contributed by atoms with E-state index in [-0.39, 0.29) is 0 Å². The molecule has 0 radical (unpaired) electrons. The number of hydrogen-bond donors (Lipinski definition) is 1. The van der Waals surface area contributed by atoms with Crippen LogP contribution < -0.4 is 4.90 Å². The number of nitrogens with zero attached hydrogens (tertiary/aromatic N) is 4. The molecule has 2 fully saturated rings. The molecule has 1 aliphatic carbocycles. The van der Waals surface area contributed by atoms with Crippen LogP contribution in [0.1, 0.15) is 5.56 Å². The Morgan fingerprint density at radius 2 is 1.70 bits per heavy atom. The SMILES string of the molecule is Cc1cnc(N2C[C@@H]3C(N(C)C)[C@@H]3C2)nc1.O=C(O)C(F)(F)F. The molecule has 3 rings (SSSR count). The van der Waals surface area contributed by atoms with Gasteiger partial charge in [0.05, 0.1) is 0 Å². The van der Waals surface area contributed by atoms with Gasteiger partial charge in [0, 0.05) is 31.5 Å². The van der Waals surface area contributed by atoms with E-state index in [1.54, 1.807) is 0 Å². The molecule has 0 amide bonds. The van der Waals surface area contributed by atoms with Crippen LogP contribution in [-0.4, -0.2) is 65.3 Å². The summed E-state index contributed by atoms with van der Waals surface area (Å²) in [7, 11) is 4.35. The minimum atomic E-state index is -5.08. The molecule has 1 aromatic heterocycles. The molecule has 1 saturated heterocycles. The van der Waals surface area contributed by atoms with Gasteiger partial charge in [0.15, 0.2) is 0 Å². The molecule has 9 heteroatoms. The lowest BCUT2D eigenvalue weighted by Crippen LogP contribution is -2.31. The third-order valence-electron chi connectivity index (χ3n) is 4.04. The summed E-state index contributed by atoms with van der Waals surface area (Å²) in [5.74, 6) is -0.192. The first-order valence-corrected chi connectivity index (χ1v) is 7.11. The maximum atomic E-state index is 10.6. The van der Waals surface area contributed by atoms with E-state index in [9.17, 15) is 13.2 Å². The van der Waals surface area contributed by atoms with E-state index in [0.29, 0.717) is 0 Å². The molecule has 0 bridgehead atoms. The van der Waals surface area contributed by atoms with Crippen LogP contribution in [0.25, 0.3) is 0 Å². The van der Waals surface area contributed by atoms with Crippen LogP contribution in [0.2, 0.25) is 0 Å². The number of aliphatic carboxylic acids is 1. The molecule has 3 atom stereocenters. The molecule has 1 saturated carbocycles. The van der Waals surface area contributed by atoms with Gasteiger partial charge in [-0.3, -0.25) is 0 Å². The number of aromatic nitrogens is 2. The standard InChI is InChI=1S/C12H18N4.C2HF3O2/c1-8-4-13-12(14-5-8)16-6-9-10(7-16)11(9)15(2)3;3-2(4,5)1(6)7/h4-5,9-11H,6-7H2,1-3H3;(H,6,7)/t9-,10+,11?;. The highest BCUT2D eigenvalue weighted by molar-refractivity contribution is 5.73. The van der Waals surface area contributed by atoms with Crippen LogP contribution in [0, 0.1) is 18.8 Å². The van der Waals surface area contributed by atoms with Gasteiger partial charge in [-0.15, -0.1) is 0 Å². The summed E-state index contributed by atoms with van der Waals surface area (Å²) in [5, 5.41) is 7.12. The van der Waals surface area contributed by atoms with Crippen LogP contribution in [0.5, 0.6) is 0 Å². The van der Waals surface area contributed by atoms with Crippen molar-refractivity contribution in [1.82, 2.24) is 14.9 Å².